The molecule has 1 N–H and O–H groups in total. The molecule has 0 aliphatic carbocycles. The van der Waals surface area contributed by atoms with Crippen molar-refractivity contribution in [2.75, 3.05) is 17.5 Å². The Balaban J connectivity index is 1.88. The number of likely N-dealkylation sites (tertiary alicyclic amines) is 1. The van der Waals surface area contributed by atoms with Gasteiger partial charge in [-0.1, -0.05) is 35.9 Å². The summed E-state index contributed by atoms with van der Waals surface area (Å²) >= 11 is 0. The summed E-state index contributed by atoms with van der Waals surface area (Å²) < 4.78 is 25.6. The monoisotopic (exact) mass is 372 g/mol. The Kier molecular flexibility index (Phi) is 5.05. The molecular weight excluding hydrogens is 348 g/mol. The third-order valence-electron chi connectivity index (χ3n) is 4.76. The summed E-state index contributed by atoms with van der Waals surface area (Å²) in [5, 5.41) is 0. The summed E-state index contributed by atoms with van der Waals surface area (Å²) in [6, 6.07) is 13.5. The number of sulfonamides is 1. The molecule has 26 heavy (non-hydrogen) atoms. The van der Waals surface area contributed by atoms with Crippen LogP contribution < -0.4 is 4.72 Å². The van der Waals surface area contributed by atoms with Gasteiger partial charge in [-0.3, -0.25) is 9.52 Å². The van der Waals surface area contributed by atoms with Gasteiger partial charge in [0.25, 0.3) is 5.91 Å². The van der Waals surface area contributed by atoms with Crippen molar-refractivity contribution in [2.24, 2.45) is 0 Å². The topological polar surface area (TPSA) is 66.5 Å². The fourth-order valence-corrected chi connectivity index (χ4v) is 3.99. The van der Waals surface area contributed by atoms with Crippen molar-refractivity contribution < 1.29 is 13.2 Å². The van der Waals surface area contributed by atoms with Gasteiger partial charge in [-0.2, -0.15) is 0 Å². The lowest BCUT2D eigenvalue weighted by Crippen LogP contribution is -2.30. The van der Waals surface area contributed by atoms with Crippen LogP contribution in [0.25, 0.3) is 0 Å². The van der Waals surface area contributed by atoms with Crippen LogP contribution in [0.5, 0.6) is 0 Å². The second-order valence-electron chi connectivity index (χ2n) is 6.97. The first-order valence-corrected chi connectivity index (χ1v) is 10.6. The van der Waals surface area contributed by atoms with E-state index >= 15 is 0 Å². The highest BCUT2D eigenvalue weighted by Crippen LogP contribution is 2.33. The third kappa shape index (κ3) is 4.07. The Bertz CT molecular complexity index is 921. The molecule has 3 rings (SSSR count). The summed E-state index contributed by atoms with van der Waals surface area (Å²) in [6.07, 6.45) is 3.01. The van der Waals surface area contributed by atoms with Crippen molar-refractivity contribution in [1.82, 2.24) is 4.90 Å². The Morgan fingerprint density at radius 3 is 2.46 bits per heavy atom. The van der Waals surface area contributed by atoms with Crippen LogP contribution >= 0.6 is 0 Å². The van der Waals surface area contributed by atoms with E-state index in [9.17, 15) is 13.2 Å². The number of carbonyl (C=O) groups is 1. The molecule has 1 aliphatic heterocycles. The number of hydrogen-bond donors (Lipinski definition) is 1. The maximum Gasteiger partial charge on any atom is 0.254 e. The van der Waals surface area contributed by atoms with Gasteiger partial charge in [0.2, 0.25) is 10.0 Å². The van der Waals surface area contributed by atoms with E-state index in [1.165, 1.54) is 5.56 Å². The highest BCUT2D eigenvalue weighted by Gasteiger charge is 2.30. The summed E-state index contributed by atoms with van der Waals surface area (Å²) in [5.41, 5.74) is 4.07. The summed E-state index contributed by atoms with van der Waals surface area (Å²) in [6.45, 7) is 4.57. The minimum absolute atomic E-state index is 0.0652. The van der Waals surface area contributed by atoms with E-state index in [1.807, 2.05) is 18.7 Å². The van der Waals surface area contributed by atoms with Gasteiger partial charge in [-0.05, 0) is 49.9 Å². The lowest BCUT2D eigenvalue weighted by atomic mass is 10.0. The Hall–Kier alpha value is -2.34. The molecule has 1 heterocycles. The van der Waals surface area contributed by atoms with E-state index in [-0.39, 0.29) is 11.9 Å². The molecule has 0 spiro atoms. The van der Waals surface area contributed by atoms with Crippen molar-refractivity contribution in [2.45, 2.75) is 32.7 Å². The molecule has 1 unspecified atom stereocenters. The van der Waals surface area contributed by atoms with Crippen LogP contribution in [0.15, 0.2) is 42.5 Å². The van der Waals surface area contributed by atoms with Crippen LogP contribution in [0.1, 0.15) is 45.9 Å². The Labute approximate surface area is 155 Å². The molecule has 1 atom stereocenters. The summed E-state index contributed by atoms with van der Waals surface area (Å²) in [4.78, 5) is 15.0. The van der Waals surface area contributed by atoms with Gasteiger partial charge >= 0.3 is 0 Å². The van der Waals surface area contributed by atoms with E-state index in [2.05, 4.69) is 29.0 Å². The van der Waals surface area contributed by atoms with Crippen LogP contribution in [0, 0.1) is 13.8 Å². The smallest absolute Gasteiger partial charge is 0.254 e. The van der Waals surface area contributed by atoms with Gasteiger partial charge in [0, 0.05) is 12.1 Å². The molecule has 1 saturated heterocycles. The van der Waals surface area contributed by atoms with Crippen molar-refractivity contribution in [1.29, 1.82) is 0 Å². The molecule has 6 heteroatoms. The predicted octanol–water partition coefficient (Wildman–Crippen LogP) is 3.65. The van der Waals surface area contributed by atoms with Crippen molar-refractivity contribution in [3.63, 3.8) is 0 Å². The van der Waals surface area contributed by atoms with Crippen LogP contribution in [0.3, 0.4) is 0 Å². The van der Waals surface area contributed by atoms with Gasteiger partial charge in [-0.15, -0.1) is 0 Å². The quantitative estimate of drug-likeness (QED) is 0.891. The zero-order valence-corrected chi connectivity index (χ0v) is 16.1. The first-order chi connectivity index (χ1) is 12.2. The van der Waals surface area contributed by atoms with Crippen molar-refractivity contribution in [3.05, 3.63) is 64.7 Å². The lowest BCUT2D eigenvalue weighted by Gasteiger charge is -2.25. The zero-order valence-electron chi connectivity index (χ0n) is 15.3. The number of amides is 1. The first kappa shape index (κ1) is 18.5. The van der Waals surface area contributed by atoms with Gasteiger partial charge in [-0.25, -0.2) is 8.42 Å². The number of rotatable bonds is 4. The van der Waals surface area contributed by atoms with E-state index in [0.29, 0.717) is 17.8 Å². The maximum atomic E-state index is 13.1. The molecule has 2 aromatic carbocycles. The number of nitrogens with zero attached hydrogens (tertiary/aromatic N) is 1. The zero-order chi connectivity index (χ0) is 18.9. The molecule has 1 aliphatic rings. The highest BCUT2D eigenvalue weighted by molar-refractivity contribution is 7.92. The molecule has 138 valence electrons. The number of hydrogen-bond acceptors (Lipinski definition) is 3. The summed E-state index contributed by atoms with van der Waals surface area (Å²) in [7, 11) is -3.39. The predicted molar refractivity (Wildman–Crippen MR) is 104 cm³/mol. The second-order valence-corrected chi connectivity index (χ2v) is 8.72. The fourth-order valence-electron chi connectivity index (χ4n) is 3.38. The fraction of sp³-hybridized carbons (Fsp3) is 0.350. The molecule has 0 aromatic heterocycles. The molecule has 2 aromatic rings. The molecule has 5 nitrogen and oxygen atoms in total. The molecule has 1 fully saturated rings. The molecular formula is C20H24N2O3S. The minimum atomic E-state index is -3.39. The van der Waals surface area contributed by atoms with Crippen molar-refractivity contribution in [3.8, 4) is 0 Å². The SMILES string of the molecule is Cc1ccc(C2CCCN2C(=O)c2ccc(C)c(NS(C)(=O)=O)c2)cc1. The second kappa shape index (κ2) is 7.11. The van der Waals surface area contributed by atoms with Gasteiger partial charge in [0.05, 0.1) is 18.0 Å². The first-order valence-electron chi connectivity index (χ1n) is 8.70. The normalized spacial score (nSPS) is 17.3. The number of anilines is 1. The number of carbonyl (C=O) groups excluding carboxylic acids is 1. The Morgan fingerprint density at radius 2 is 1.81 bits per heavy atom. The van der Waals surface area contributed by atoms with Crippen LogP contribution in [-0.4, -0.2) is 32.0 Å². The van der Waals surface area contributed by atoms with Crippen LogP contribution in [0.4, 0.5) is 5.69 Å². The van der Waals surface area contributed by atoms with Gasteiger partial charge in [0.15, 0.2) is 0 Å². The van der Waals surface area contributed by atoms with E-state index in [0.717, 1.165) is 30.2 Å². The van der Waals surface area contributed by atoms with E-state index < -0.39 is 10.0 Å². The highest BCUT2D eigenvalue weighted by atomic mass is 32.2. The lowest BCUT2D eigenvalue weighted by molar-refractivity contribution is 0.0735. The third-order valence-corrected chi connectivity index (χ3v) is 5.35. The molecule has 1 amide bonds. The maximum absolute atomic E-state index is 13.1. The average Bonchev–Trinajstić information content (AvgIpc) is 3.05. The van der Waals surface area contributed by atoms with Gasteiger partial charge < -0.3 is 4.90 Å². The average molecular weight is 372 g/mol. The van der Waals surface area contributed by atoms with Crippen LogP contribution in [-0.2, 0) is 10.0 Å². The molecule has 0 bridgehead atoms. The number of benzene rings is 2. The van der Waals surface area contributed by atoms with Gasteiger partial charge in [0.1, 0.15) is 0 Å². The molecule has 0 radical (unpaired) electrons. The number of nitrogens with one attached hydrogen (secondary N) is 1. The number of aryl methyl sites for hydroxylation is 2. The largest absolute Gasteiger partial charge is 0.332 e. The summed E-state index contributed by atoms with van der Waals surface area (Å²) in [5.74, 6) is -0.0652. The van der Waals surface area contributed by atoms with E-state index in [1.54, 1.807) is 18.2 Å². The molecule has 0 saturated carbocycles. The van der Waals surface area contributed by atoms with E-state index in [4.69, 9.17) is 0 Å². The standard InChI is InChI=1S/C20H24N2O3S/c1-14-6-9-16(10-7-14)19-5-4-12-22(19)20(23)17-11-8-15(2)18(13-17)21-26(3,24)25/h6-11,13,19,21H,4-5,12H2,1-3H3. The van der Waals surface area contributed by atoms with Crippen LogP contribution in [0.2, 0.25) is 0 Å². The Morgan fingerprint density at radius 1 is 1.12 bits per heavy atom. The minimum Gasteiger partial charge on any atom is -0.332 e. The van der Waals surface area contributed by atoms with Crippen molar-refractivity contribution >= 4 is 21.6 Å².